The summed E-state index contributed by atoms with van der Waals surface area (Å²) in [5.74, 6) is 0.894. The minimum atomic E-state index is -0.537. The summed E-state index contributed by atoms with van der Waals surface area (Å²) < 4.78 is 0. The SMILES string of the molecule is CC1=NC(NCN2CCNCC2)(c2ccc(Cl)cc2)C=CN1. The van der Waals surface area contributed by atoms with Crippen molar-refractivity contribution in [3.8, 4) is 0 Å². The van der Waals surface area contributed by atoms with E-state index in [-0.39, 0.29) is 0 Å². The number of amidine groups is 1. The third kappa shape index (κ3) is 3.50. The Bertz CT molecular complexity index is 562. The van der Waals surface area contributed by atoms with E-state index in [1.165, 1.54) is 0 Å². The molecule has 0 aromatic heterocycles. The van der Waals surface area contributed by atoms with Crippen LogP contribution in [-0.2, 0) is 5.66 Å². The molecule has 1 aromatic carbocycles. The lowest BCUT2D eigenvalue weighted by Gasteiger charge is -2.35. The van der Waals surface area contributed by atoms with Gasteiger partial charge in [0.2, 0.25) is 0 Å². The van der Waals surface area contributed by atoms with Crippen LogP contribution in [0.2, 0.25) is 5.02 Å². The number of benzene rings is 1. The van der Waals surface area contributed by atoms with Gasteiger partial charge < -0.3 is 10.6 Å². The first-order chi connectivity index (χ1) is 10.7. The van der Waals surface area contributed by atoms with E-state index < -0.39 is 5.66 Å². The van der Waals surface area contributed by atoms with E-state index in [0.717, 1.165) is 49.3 Å². The van der Waals surface area contributed by atoms with Crippen LogP contribution in [0.3, 0.4) is 0 Å². The summed E-state index contributed by atoms with van der Waals surface area (Å²) >= 11 is 6.02. The van der Waals surface area contributed by atoms with E-state index in [2.05, 4.69) is 26.9 Å². The van der Waals surface area contributed by atoms with E-state index in [9.17, 15) is 0 Å². The summed E-state index contributed by atoms with van der Waals surface area (Å²) in [7, 11) is 0. The molecule has 1 unspecified atom stereocenters. The molecule has 5 nitrogen and oxygen atoms in total. The lowest BCUT2D eigenvalue weighted by Crippen LogP contribution is -2.52. The molecule has 2 aliphatic heterocycles. The van der Waals surface area contributed by atoms with Crippen LogP contribution in [-0.4, -0.2) is 43.6 Å². The van der Waals surface area contributed by atoms with Crippen LogP contribution in [0.25, 0.3) is 0 Å². The topological polar surface area (TPSA) is 51.7 Å². The summed E-state index contributed by atoms with van der Waals surface area (Å²) in [6, 6.07) is 7.87. The van der Waals surface area contributed by atoms with Gasteiger partial charge in [-0.25, -0.2) is 4.99 Å². The van der Waals surface area contributed by atoms with Crippen LogP contribution >= 0.6 is 11.6 Å². The number of halogens is 1. The normalized spacial score (nSPS) is 25.6. The molecule has 0 radical (unpaired) electrons. The number of nitrogens with zero attached hydrogens (tertiary/aromatic N) is 2. The molecular formula is C16H22ClN5. The van der Waals surface area contributed by atoms with Gasteiger partial charge in [0.1, 0.15) is 5.84 Å². The van der Waals surface area contributed by atoms with Crippen molar-refractivity contribution in [1.29, 1.82) is 0 Å². The predicted octanol–water partition coefficient (Wildman–Crippen LogP) is 1.48. The maximum Gasteiger partial charge on any atom is 0.159 e. The van der Waals surface area contributed by atoms with Crippen LogP contribution in [0.15, 0.2) is 41.5 Å². The zero-order valence-corrected chi connectivity index (χ0v) is 13.5. The van der Waals surface area contributed by atoms with Gasteiger partial charge in [-0.3, -0.25) is 10.2 Å². The number of nitrogens with one attached hydrogen (secondary N) is 3. The van der Waals surface area contributed by atoms with Gasteiger partial charge in [0.25, 0.3) is 0 Å². The minimum absolute atomic E-state index is 0.537. The fourth-order valence-corrected chi connectivity index (χ4v) is 2.91. The third-order valence-electron chi connectivity index (χ3n) is 4.03. The molecule has 2 heterocycles. The summed E-state index contributed by atoms with van der Waals surface area (Å²) in [5, 5.41) is 10.9. The molecule has 1 atom stereocenters. The van der Waals surface area contributed by atoms with Crippen molar-refractivity contribution in [2.45, 2.75) is 12.6 Å². The van der Waals surface area contributed by atoms with Crippen LogP contribution in [0.4, 0.5) is 0 Å². The van der Waals surface area contributed by atoms with Gasteiger partial charge in [-0.1, -0.05) is 23.7 Å². The van der Waals surface area contributed by atoms with Crippen LogP contribution in [0.5, 0.6) is 0 Å². The van der Waals surface area contributed by atoms with E-state index in [1.54, 1.807) is 0 Å². The fraction of sp³-hybridized carbons (Fsp3) is 0.438. The van der Waals surface area contributed by atoms with Crippen LogP contribution in [0.1, 0.15) is 12.5 Å². The molecule has 0 bridgehead atoms. The Morgan fingerprint density at radius 3 is 2.68 bits per heavy atom. The summed E-state index contributed by atoms with van der Waals surface area (Å²) in [6.45, 7) is 6.94. The van der Waals surface area contributed by atoms with Gasteiger partial charge in [-0.2, -0.15) is 0 Å². The maximum atomic E-state index is 6.02. The molecule has 1 saturated heterocycles. The Labute approximate surface area is 136 Å². The molecule has 22 heavy (non-hydrogen) atoms. The van der Waals surface area contributed by atoms with Gasteiger partial charge in [-0.05, 0) is 30.7 Å². The van der Waals surface area contributed by atoms with E-state index in [1.807, 2.05) is 37.4 Å². The molecule has 3 rings (SSSR count). The lowest BCUT2D eigenvalue weighted by atomic mass is 9.99. The Morgan fingerprint density at radius 2 is 2.00 bits per heavy atom. The second kappa shape index (κ2) is 6.79. The first kappa shape index (κ1) is 15.5. The Morgan fingerprint density at radius 1 is 1.27 bits per heavy atom. The average molecular weight is 320 g/mol. The second-order valence-corrected chi connectivity index (χ2v) is 6.09. The van der Waals surface area contributed by atoms with Gasteiger partial charge >= 0.3 is 0 Å². The zero-order chi connectivity index (χ0) is 15.4. The summed E-state index contributed by atoms with van der Waals surface area (Å²) in [6.07, 6.45) is 4.01. The van der Waals surface area contributed by atoms with E-state index in [4.69, 9.17) is 16.6 Å². The Balaban J connectivity index is 1.81. The Hall–Kier alpha value is -1.40. The van der Waals surface area contributed by atoms with Crippen molar-refractivity contribution in [3.05, 3.63) is 47.1 Å². The van der Waals surface area contributed by atoms with E-state index in [0.29, 0.717) is 0 Å². The van der Waals surface area contributed by atoms with Gasteiger partial charge in [0, 0.05) is 37.4 Å². The standard InChI is InChI=1S/C16H22ClN5/c1-13-19-7-6-16(21-13,14-2-4-15(17)5-3-14)20-12-22-10-8-18-9-11-22/h2-7,18,20H,8-12H2,1H3,(H,19,21). The maximum absolute atomic E-state index is 6.02. The molecule has 0 amide bonds. The van der Waals surface area contributed by atoms with Crippen molar-refractivity contribution in [2.24, 2.45) is 4.99 Å². The smallest absolute Gasteiger partial charge is 0.159 e. The average Bonchev–Trinajstić information content (AvgIpc) is 2.55. The number of hydrogen-bond donors (Lipinski definition) is 3. The summed E-state index contributed by atoms with van der Waals surface area (Å²) in [5.41, 5.74) is 0.550. The zero-order valence-electron chi connectivity index (χ0n) is 12.8. The molecule has 2 aliphatic rings. The first-order valence-electron chi connectivity index (χ1n) is 7.63. The number of piperazine rings is 1. The number of hydrogen-bond acceptors (Lipinski definition) is 5. The quantitative estimate of drug-likeness (QED) is 0.787. The van der Waals surface area contributed by atoms with Gasteiger partial charge in [-0.15, -0.1) is 0 Å². The Kier molecular flexibility index (Phi) is 4.78. The van der Waals surface area contributed by atoms with Crippen molar-refractivity contribution >= 4 is 17.4 Å². The van der Waals surface area contributed by atoms with Gasteiger partial charge in [0.05, 0.1) is 6.67 Å². The lowest BCUT2D eigenvalue weighted by molar-refractivity contribution is 0.199. The minimum Gasteiger partial charge on any atom is -0.351 e. The van der Waals surface area contributed by atoms with Crippen molar-refractivity contribution in [1.82, 2.24) is 20.9 Å². The highest BCUT2D eigenvalue weighted by atomic mass is 35.5. The molecular weight excluding hydrogens is 298 g/mol. The largest absolute Gasteiger partial charge is 0.351 e. The van der Waals surface area contributed by atoms with Crippen LogP contribution in [0, 0.1) is 0 Å². The number of aliphatic imine (C=N–C) groups is 1. The highest BCUT2D eigenvalue weighted by molar-refractivity contribution is 6.30. The van der Waals surface area contributed by atoms with Gasteiger partial charge in [0.15, 0.2) is 5.66 Å². The molecule has 0 aliphatic carbocycles. The molecule has 1 fully saturated rings. The van der Waals surface area contributed by atoms with Crippen molar-refractivity contribution in [3.63, 3.8) is 0 Å². The molecule has 6 heteroatoms. The van der Waals surface area contributed by atoms with E-state index >= 15 is 0 Å². The molecule has 0 spiro atoms. The summed E-state index contributed by atoms with van der Waals surface area (Å²) in [4.78, 5) is 7.22. The first-order valence-corrected chi connectivity index (χ1v) is 8.01. The highest BCUT2D eigenvalue weighted by Crippen LogP contribution is 2.27. The van der Waals surface area contributed by atoms with Crippen molar-refractivity contribution in [2.75, 3.05) is 32.8 Å². The second-order valence-electron chi connectivity index (χ2n) is 5.65. The van der Waals surface area contributed by atoms with Crippen LogP contribution < -0.4 is 16.0 Å². The molecule has 1 aromatic rings. The monoisotopic (exact) mass is 319 g/mol. The fourth-order valence-electron chi connectivity index (χ4n) is 2.78. The van der Waals surface area contributed by atoms with Crippen molar-refractivity contribution < 1.29 is 0 Å². The molecule has 118 valence electrons. The predicted molar refractivity (Wildman–Crippen MR) is 91.0 cm³/mol. The number of rotatable bonds is 4. The molecule has 0 saturated carbocycles. The highest BCUT2D eigenvalue weighted by Gasteiger charge is 2.31. The molecule has 3 N–H and O–H groups in total. The third-order valence-corrected chi connectivity index (χ3v) is 4.28.